The first-order chi connectivity index (χ1) is 9.29. The van der Waals surface area contributed by atoms with Crippen LogP contribution in [0.4, 0.5) is 0 Å². The molecular formula is C11H23N3O5S. The van der Waals surface area contributed by atoms with Crippen LogP contribution >= 0.6 is 0 Å². The molecule has 0 spiro atoms. The van der Waals surface area contributed by atoms with Gasteiger partial charge in [0.1, 0.15) is 0 Å². The molecule has 0 aromatic rings. The number of methoxy groups -OCH3 is 1. The van der Waals surface area contributed by atoms with Crippen LogP contribution in [-0.4, -0.2) is 69.2 Å². The van der Waals surface area contributed by atoms with E-state index in [9.17, 15) is 18.0 Å². The van der Waals surface area contributed by atoms with Gasteiger partial charge in [0, 0.05) is 26.7 Å². The zero-order chi connectivity index (χ0) is 15.8. The quantitative estimate of drug-likeness (QED) is 0.562. The van der Waals surface area contributed by atoms with E-state index in [1.165, 1.54) is 14.2 Å². The number of esters is 1. The van der Waals surface area contributed by atoms with Gasteiger partial charge in [0.15, 0.2) is 0 Å². The van der Waals surface area contributed by atoms with Gasteiger partial charge in [0.25, 0.3) is 10.2 Å². The molecule has 0 saturated carbocycles. The van der Waals surface area contributed by atoms with Crippen molar-refractivity contribution in [1.29, 1.82) is 0 Å². The Morgan fingerprint density at radius 2 is 1.85 bits per heavy atom. The van der Waals surface area contributed by atoms with Crippen molar-refractivity contribution in [2.75, 3.05) is 40.3 Å². The molecule has 1 N–H and O–H groups in total. The van der Waals surface area contributed by atoms with Gasteiger partial charge in [-0.05, 0) is 6.92 Å². The highest BCUT2D eigenvalue weighted by Gasteiger charge is 2.27. The SMILES string of the molecule is CCNC(=O)CN(CC)S(=O)(=O)N(C)CCC(=O)OC. The minimum atomic E-state index is -3.77. The molecule has 0 unspecified atom stereocenters. The Bertz CT molecular complexity index is 424. The third-order valence-electron chi connectivity index (χ3n) is 2.63. The van der Waals surface area contributed by atoms with E-state index in [2.05, 4.69) is 10.1 Å². The van der Waals surface area contributed by atoms with Gasteiger partial charge >= 0.3 is 5.97 Å². The van der Waals surface area contributed by atoms with E-state index >= 15 is 0 Å². The summed E-state index contributed by atoms with van der Waals surface area (Å²) < 4.78 is 31.0. The molecule has 0 aromatic carbocycles. The summed E-state index contributed by atoms with van der Waals surface area (Å²) in [4.78, 5) is 22.5. The molecular weight excluding hydrogens is 286 g/mol. The number of rotatable bonds is 9. The predicted molar refractivity (Wildman–Crippen MR) is 74.1 cm³/mol. The van der Waals surface area contributed by atoms with Gasteiger partial charge in [-0.15, -0.1) is 0 Å². The lowest BCUT2D eigenvalue weighted by Gasteiger charge is -2.25. The molecule has 0 aliphatic heterocycles. The lowest BCUT2D eigenvalue weighted by molar-refractivity contribution is -0.140. The van der Waals surface area contributed by atoms with Crippen molar-refractivity contribution in [2.45, 2.75) is 20.3 Å². The van der Waals surface area contributed by atoms with Crippen LogP contribution in [0.25, 0.3) is 0 Å². The highest BCUT2D eigenvalue weighted by atomic mass is 32.2. The van der Waals surface area contributed by atoms with Gasteiger partial charge in [0.05, 0.1) is 20.1 Å². The Morgan fingerprint density at radius 3 is 2.30 bits per heavy atom. The summed E-state index contributed by atoms with van der Waals surface area (Å²) in [7, 11) is -1.17. The molecule has 0 atom stereocenters. The van der Waals surface area contributed by atoms with Crippen LogP contribution in [0.3, 0.4) is 0 Å². The van der Waals surface area contributed by atoms with Gasteiger partial charge < -0.3 is 10.1 Å². The molecule has 0 aliphatic carbocycles. The monoisotopic (exact) mass is 309 g/mol. The Hall–Kier alpha value is -1.19. The molecule has 0 fully saturated rings. The van der Waals surface area contributed by atoms with Crippen LogP contribution in [-0.2, 0) is 24.5 Å². The van der Waals surface area contributed by atoms with E-state index in [1.807, 2.05) is 0 Å². The van der Waals surface area contributed by atoms with Gasteiger partial charge in [0.2, 0.25) is 5.91 Å². The first-order valence-electron chi connectivity index (χ1n) is 6.34. The minimum absolute atomic E-state index is 0.000896. The number of hydrogen-bond acceptors (Lipinski definition) is 5. The molecule has 1 amide bonds. The fourth-order valence-electron chi connectivity index (χ4n) is 1.43. The third kappa shape index (κ3) is 5.85. The van der Waals surface area contributed by atoms with Crippen molar-refractivity contribution in [1.82, 2.24) is 13.9 Å². The van der Waals surface area contributed by atoms with Crippen molar-refractivity contribution < 1.29 is 22.7 Å². The van der Waals surface area contributed by atoms with Crippen LogP contribution in [0.15, 0.2) is 0 Å². The number of ether oxygens (including phenoxy) is 1. The second kappa shape index (κ2) is 8.88. The first-order valence-corrected chi connectivity index (χ1v) is 7.74. The van der Waals surface area contributed by atoms with Gasteiger partial charge in [-0.3, -0.25) is 9.59 Å². The van der Waals surface area contributed by atoms with E-state index in [1.54, 1.807) is 13.8 Å². The first kappa shape index (κ1) is 18.8. The highest BCUT2D eigenvalue weighted by molar-refractivity contribution is 7.86. The van der Waals surface area contributed by atoms with E-state index in [0.29, 0.717) is 6.54 Å². The molecule has 0 saturated heterocycles. The summed E-state index contributed by atoms with van der Waals surface area (Å²) in [5, 5.41) is 2.54. The number of likely N-dealkylation sites (N-methyl/N-ethyl adjacent to an activating group) is 2. The molecule has 0 radical (unpaired) electrons. The summed E-state index contributed by atoms with van der Waals surface area (Å²) in [6.07, 6.45) is -0.0368. The fourth-order valence-corrected chi connectivity index (χ4v) is 2.76. The Balaban J connectivity index is 4.71. The van der Waals surface area contributed by atoms with Crippen molar-refractivity contribution in [3.8, 4) is 0 Å². The maximum absolute atomic E-state index is 12.2. The number of carbonyl (C=O) groups excluding carboxylic acids is 2. The molecule has 118 valence electrons. The fraction of sp³-hybridized carbons (Fsp3) is 0.818. The lowest BCUT2D eigenvalue weighted by Crippen LogP contribution is -2.46. The van der Waals surface area contributed by atoms with Crippen LogP contribution in [0, 0.1) is 0 Å². The summed E-state index contributed by atoms with van der Waals surface area (Å²) in [5.74, 6) is -0.849. The topological polar surface area (TPSA) is 96.0 Å². The lowest BCUT2D eigenvalue weighted by atomic mass is 10.4. The molecule has 9 heteroatoms. The van der Waals surface area contributed by atoms with Gasteiger partial charge in [-0.2, -0.15) is 17.0 Å². The second-order valence-electron chi connectivity index (χ2n) is 4.04. The number of hydrogen-bond donors (Lipinski definition) is 1. The molecule has 0 heterocycles. The van der Waals surface area contributed by atoms with E-state index in [0.717, 1.165) is 8.61 Å². The summed E-state index contributed by atoms with van der Waals surface area (Å²) in [6, 6.07) is 0. The summed E-state index contributed by atoms with van der Waals surface area (Å²) in [5.41, 5.74) is 0. The van der Waals surface area contributed by atoms with Crippen molar-refractivity contribution in [3.63, 3.8) is 0 Å². The number of nitrogens with one attached hydrogen (secondary N) is 1. The largest absolute Gasteiger partial charge is 0.469 e. The maximum Gasteiger partial charge on any atom is 0.306 e. The molecule has 20 heavy (non-hydrogen) atoms. The van der Waals surface area contributed by atoms with Crippen LogP contribution in [0.2, 0.25) is 0 Å². The number of amides is 1. The standard InChI is InChI=1S/C11H23N3O5S/c1-5-12-10(15)9-14(6-2)20(17,18)13(3)8-7-11(16)19-4/h5-9H2,1-4H3,(H,12,15). The van der Waals surface area contributed by atoms with E-state index in [4.69, 9.17) is 0 Å². The van der Waals surface area contributed by atoms with Crippen molar-refractivity contribution >= 4 is 22.1 Å². The number of carbonyl (C=O) groups is 2. The molecule has 0 aromatic heterocycles. The maximum atomic E-state index is 12.2. The Labute approximate surface area is 120 Å². The smallest absolute Gasteiger partial charge is 0.306 e. The zero-order valence-electron chi connectivity index (χ0n) is 12.4. The normalized spacial score (nSPS) is 11.7. The summed E-state index contributed by atoms with van der Waals surface area (Å²) >= 11 is 0. The van der Waals surface area contributed by atoms with Gasteiger partial charge in [-0.25, -0.2) is 0 Å². The molecule has 0 rings (SSSR count). The van der Waals surface area contributed by atoms with Crippen LogP contribution in [0.5, 0.6) is 0 Å². The molecule has 0 bridgehead atoms. The average Bonchev–Trinajstić information content (AvgIpc) is 2.41. The third-order valence-corrected chi connectivity index (χ3v) is 4.64. The predicted octanol–water partition coefficient (Wildman–Crippen LogP) is -0.816. The van der Waals surface area contributed by atoms with E-state index in [-0.39, 0.29) is 32.0 Å². The van der Waals surface area contributed by atoms with E-state index < -0.39 is 16.2 Å². The van der Waals surface area contributed by atoms with Crippen LogP contribution in [0.1, 0.15) is 20.3 Å². The highest BCUT2D eigenvalue weighted by Crippen LogP contribution is 2.07. The minimum Gasteiger partial charge on any atom is -0.469 e. The second-order valence-corrected chi connectivity index (χ2v) is 6.07. The Morgan fingerprint density at radius 1 is 1.25 bits per heavy atom. The van der Waals surface area contributed by atoms with Crippen molar-refractivity contribution in [3.05, 3.63) is 0 Å². The number of nitrogens with zero attached hydrogens (tertiary/aromatic N) is 2. The Kier molecular flexibility index (Phi) is 8.35. The average molecular weight is 309 g/mol. The molecule has 8 nitrogen and oxygen atoms in total. The zero-order valence-corrected chi connectivity index (χ0v) is 13.2. The van der Waals surface area contributed by atoms with Crippen molar-refractivity contribution in [2.24, 2.45) is 0 Å². The summed E-state index contributed by atoms with van der Waals surface area (Å²) in [6.45, 7) is 3.77. The molecule has 0 aliphatic rings. The van der Waals surface area contributed by atoms with Crippen LogP contribution < -0.4 is 5.32 Å². The van der Waals surface area contributed by atoms with Gasteiger partial charge in [-0.1, -0.05) is 6.92 Å².